The van der Waals surface area contributed by atoms with E-state index >= 15 is 0 Å². The van der Waals surface area contributed by atoms with E-state index in [9.17, 15) is 4.79 Å². The van der Waals surface area contributed by atoms with Crippen LogP contribution in [-0.4, -0.2) is 37.5 Å². The Hall–Kier alpha value is -1.07. The molecule has 1 aromatic rings. The lowest BCUT2D eigenvalue weighted by atomic mass is 10.2. The molecule has 0 atom stereocenters. The topological polar surface area (TPSA) is 49.6 Å². The van der Waals surface area contributed by atoms with E-state index in [1.54, 1.807) is 4.90 Å². The molecule has 0 saturated carbocycles. The number of hydrogen-bond donors (Lipinski definition) is 1. The summed E-state index contributed by atoms with van der Waals surface area (Å²) >= 11 is 3.50. The van der Waals surface area contributed by atoms with Crippen LogP contribution in [0.25, 0.3) is 0 Å². The number of halogens is 1. The second kappa shape index (κ2) is 5.06. The number of hydrogen-bond acceptors (Lipinski definition) is 3. The molecule has 1 amide bonds. The van der Waals surface area contributed by atoms with E-state index in [-0.39, 0.29) is 5.91 Å². The summed E-state index contributed by atoms with van der Waals surface area (Å²) < 4.78 is 1.00. The molecule has 0 radical (unpaired) electrons. The lowest BCUT2D eigenvalue weighted by molar-refractivity contribution is -0.129. The van der Waals surface area contributed by atoms with Crippen molar-refractivity contribution in [3.63, 3.8) is 0 Å². The first kappa shape index (κ1) is 12.4. The predicted octanol–water partition coefficient (Wildman–Crippen LogP) is 1.19. The number of amides is 1. The Labute approximate surface area is 110 Å². The Morgan fingerprint density at radius 3 is 2.76 bits per heavy atom. The third-order valence-electron chi connectivity index (χ3n) is 3.08. The first-order valence-electron chi connectivity index (χ1n) is 5.59. The zero-order valence-corrected chi connectivity index (χ0v) is 11.4. The van der Waals surface area contributed by atoms with Gasteiger partial charge in [-0.3, -0.25) is 4.79 Å². The van der Waals surface area contributed by atoms with Gasteiger partial charge in [0, 0.05) is 36.8 Å². The molecule has 4 nitrogen and oxygen atoms in total. The molecule has 1 heterocycles. The Bertz CT molecular complexity index is 436. The first-order valence-corrected chi connectivity index (χ1v) is 6.38. The molecule has 17 heavy (non-hydrogen) atoms. The van der Waals surface area contributed by atoms with Crippen LogP contribution in [0, 0.1) is 0 Å². The zero-order chi connectivity index (χ0) is 12.4. The van der Waals surface area contributed by atoms with Crippen LogP contribution in [0.2, 0.25) is 0 Å². The van der Waals surface area contributed by atoms with E-state index in [0.29, 0.717) is 13.1 Å². The van der Waals surface area contributed by atoms with Crippen LogP contribution in [0.15, 0.2) is 22.7 Å². The maximum atomic E-state index is 11.6. The second-order valence-electron chi connectivity index (χ2n) is 4.22. The summed E-state index contributed by atoms with van der Waals surface area (Å²) in [5, 5.41) is 0. The molecule has 1 aliphatic rings. The van der Waals surface area contributed by atoms with Gasteiger partial charge >= 0.3 is 0 Å². The third-order valence-corrected chi connectivity index (χ3v) is 3.82. The van der Waals surface area contributed by atoms with Crippen LogP contribution in [0.4, 0.5) is 5.69 Å². The number of benzene rings is 1. The summed E-state index contributed by atoms with van der Waals surface area (Å²) in [5.74, 6) is 0.162. The molecule has 2 N–H and O–H groups in total. The van der Waals surface area contributed by atoms with Crippen LogP contribution < -0.4 is 10.6 Å². The molecule has 2 rings (SSSR count). The molecule has 92 valence electrons. The molecule has 0 bridgehead atoms. The Balaban J connectivity index is 2.18. The number of carbonyl (C=O) groups excluding carboxylic acids is 1. The molecule has 0 aromatic heterocycles. The standard InChI is InChI=1S/C12H16BrN3O/c1-15-4-5-16(8-12(15)17)10-3-2-9(7-14)11(13)6-10/h2-3,6H,4-5,7-8,14H2,1H3. The monoisotopic (exact) mass is 297 g/mol. The maximum Gasteiger partial charge on any atom is 0.241 e. The lowest BCUT2D eigenvalue weighted by Gasteiger charge is -2.33. The number of nitrogens with two attached hydrogens (primary N) is 1. The van der Waals surface area contributed by atoms with Crippen molar-refractivity contribution in [1.82, 2.24) is 4.90 Å². The van der Waals surface area contributed by atoms with Crippen molar-refractivity contribution in [2.75, 3.05) is 31.6 Å². The molecule has 1 fully saturated rings. The fourth-order valence-corrected chi connectivity index (χ4v) is 2.41. The van der Waals surface area contributed by atoms with E-state index in [4.69, 9.17) is 5.73 Å². The van der Waals surface area contributed by atoms with Gasteiger partial charge in [0.1, 0.15) is 0 Å². The van der Waals surface area contributed by atoms with Crippen molar-refractivity contribution in [3.8, 4) is 0 Å². The van der Waals surface area contributed by atoms with E-state index < -0.39 is 0 Å². The molecule has 1 saturated heterocycles. The van der Waals surface area contributed by atoms with Gasteiger partial charge in [-0.25, -0.2) is 0 Å². The number of anilines is 1. The van der Waals surface area contributed by atoms with Crippen LogP contribution in [0.5, 0.6) is 0 Å². The molecule has 1 aliphatic heterocycles. The number of carbonyl (C=O) groups is 1. The number of rotatable bonds is 2. The number of piperazine rings is 1. The minimum absolute atomic E-state index is 0.162. The highest BCUT2D eigenvalue weighted by Crippen LogP contribution is 2.24. The van der Waals surface area contributed by atoms with E-state index in [0.717, 1.165) is 28.8 Å². The fraction of sp³-hybridized carbons (Fsp3) is 0.417. The molecule has 5 heteroatoms. The van der Waals surface area contributed by atoms with Crippen molar-refractivity contribution in [2.24, 2.45) is 5.73 Å². The summed E-state index contributed by atoms with van der Waals surface area (Å²) in [4.78, 5) is 15.5. The largest absolute Gasteiger partial charge is 0.360 e. The summed E-state index contributed by atoms with van der Waals surface area (Å²) in [6.07, 6.45) is 0. The van der Waals surface area contributed by atoms with Gasteiger partial charge in [0.15, 0.2) is 0 Å². The smallest absolute Gasteiger partial charge is 0.241 e. The molecular formula is C12H16BrN3O. The van der Waals surface area contributed by atoms with Gasteiger partial charge < -0.3 is 15.5 Å². The quantitative estimate of drug-likeness (QED) is 0.892. The maximum absolute atomic E-state index is 11.6. The van der Waals surface area contributed by atoms with Crippen molar-refractivity contribution in [2.45, 2.75) is 6.54 Å². The van der Waals surface area contributed by atoms with Crippen molar-refractivity contribution >= 4 is 27.5 Å². The summed E-state index contributed by atoms with van der Waals surface area (Å²) in [6.45, 7) is 2.61. The lowest BCUT2D eigenvalue weighted by Crippen LogP contribution is -2.48. The normalized spacial score (nSPS) is 16.5. The van der Waals surface area contributed by atoms with Gasteiger partial charge in [-0.1, -0.05) is 22.0 Å². The SMILES string of the molecule is CN1CCN(c2ccc(CN)c(Br)c2)CC1=O. The molecule has 0 aliphatic carbocycles. The second-order valence-corrected chi connectivity index (χ2v) is 5.07. The van der Waals surface area contributed by atoms with E-state index in [1.807, 2.05) is 25.2 Å². The highest BCUT2D eigenvalue weighted by atomic mass is 79.9. The zero-order valence-electron chi connectivity index (χ0n) is 9.82. The van der Waals surface area contributed by atoms with Crippen molar-refractivity contribution < 1.29 is 4.79 Å². The van der Waals surface area contributed by atoms with Crippen molar-refractivity contribution in [1.29, 1.82) is 0 Å². The minimum atomic E-state index is 0.162. The van der Waals surface area contributed by atoms with Gasteiger partial charge in [-0.2, -0.15) is 0 Å². The number of nitrogens with zero attached hydrogens (tertiary/aromatic N) is 2. The average molecular weight is 298 g/mol. The molecular weight excluding hydrogens is 282 g/mol. The first-order chi connectivity index (χ1) is 8.11. The Morgan fingerprint density at radius 2 is 2.18 bits per heavy atom. The predicted molar refractivity (Wildman–Crippen MR) is 71.9 cm³/mol. The third kappa shape index (κ3) is 2.61. The highest BCUT2D eigenvalue weighted by molar-refractivity contribution is 9.10. The van der Waals surface area contributed by atoms with Gasteiger partial charge in [-0.05, 0) is 17.7 Å². The van der Waals surface area contributed by atoms with Crippen LogP contribution in [0.3, 0.4) is 0 Å². The Morgan fingerprint density at radius 1 is 1.41 bits per heavy atom. The van der Waals surface area contributed by atoms with Crippen molar-refractivity contribution in [3.05, 3.63) is 28.2 Å². The van der Waals surface area contributed by atoms with E-state index in [2.05, 4.69) is 20.8 Å². The van der Waals surface area contributed by atoms with Crippen LogP contribution >= 0.6 is 15.9 Å². The number of likely N-dealkylation sites (N-methyl/N-ethyl adjacent to an activating group) is 1. The fourth-order valence-electron chi connectivity index (χ4n) is 1.88. The van der Waals surface area contributed by atoms with Gasteiger partial charge in [0.05, 0.1) is 6.54 Å². The molecule has 0 unspecified atom stereocenters. The average Bonchev–Trinajstić information content (AvgIpc) is 2.32. The summed E-state index contributed by atoms with van der Waals surface area (Å²) in [5.41, 5.74) is 7.76. The molecule has 0 spiro atoms. The summed E-state index contributed by atoms with van der Waals surface area (Å²) in [6, 6.07) is 6.05. The van der Waals surface area contributed by atoms with Gasteiger partial charge in [-0.15, -0.1) is 0 Å². The van der Waals surface area contributed by atoms with Gasteiger partial charge in [0.2, 0.25) is 5.91 Å². The minimum Gasteiger partial charge on any atom is -0.360 e. The van der Waals surface area contributed by atoms with E-state index in [1.165, 1.54) is 0 Å². The van der Waals surface area contributed by atoms with Gasteiger partial charge in [0.25, 0.3) is 0 Å². The summed E-state index contributed by atoms with van der Waals surface area (Å²) in [7, 11) is 1.84. The van der Waals surface area contributed by atoms with Crippen LogP contribution in [0.1, 0.15) is 5.56 Å². The Kier molecular flexibility index (Phi) is 3.69. The van der Waals surface area contributed by atoms with Crippen LogP contribution in [-0.2, 0) is 11.3 Å². The molecule has 1 aromatic carbocycles. The highest BCUT2D eigenvalue weighted by Gasteiger charge is 2.21.